The Morgan fingerprint density at radius 3 is 2.75 bits per heavy atom. The average Bonchev–Trinajstić information content (AvgIpc) is 2.87. The molecular weight excluding hydrogens is 394 g/mol. The van der Waals surface area contributed by atoms with E-state index in [1.165, 1.54) is 0 Å². The number of nitrogens with one attached hydrogen (secondary N) is 1. The van der Waals surface area contributed by atoms with E-state index in [0.717, 1.165) is 15.6 Å². The Morgan fingerprint density at radius 2 is 2.00 bits per heavy atom. The highest BCUT2D eigenvalue weighted by Gasteiger charge is 2.36. The third kappa shape index (κ3) is 2.27. The van der Waals surface area contributed by atoms with E-state index in [0.29, 0.717) is 21.6 Å². The standard InChI is InChI=1S/C18H11BrClNO3/c1-8-5-13-11(7-12(8)20)16(22)14-15(21-18(23)17(14)24-13)9-3-2-4-10(19)6-9/h2-7,15H,1H3,(H,21,23). The molecule has 0 saturated carbocycles. The smallest absolute Gasteiger partial charge is 0.288 e. The van der Waals surface area contributed by atoms with Crippen molar-refractivity contribution in [2.45, 2.75) is 13.0 Å². The van der Waals surface area contributed by atoms with E-state index in [9.17, 15) is 9.59 Å². The summed E-state index contributed by atoms with van der Waals surface area (Å²) in [5.41, 5.74) is 2.04. The molecule has 1 aliphatic rings. The quantitative estimate of drug-likeness (QED) is 0.656. The molecule has 1 amide bonds. The lowest BCUT2D eigenvalue weighted by atomic mass is 9.99. The second kappa shape index (κ2) is 5.46. The van der Waals surface area contributed by atoms with Gasteiger partial charge in [-0.3, -0.25) is 9.59 Å². The molecule has 24 heavy (non-hydrogen) atoms. The van der Waals surface area contributed by atoms with E-state index in [1.54, 1.807) is 12.1 Å². The number of rotatable bonds is 1. The zero-order valence-electron chi connectivity index (χ0n) is 12.5. The first-order valence-electron chi connectivity index (χ1n) is 7.29. The van der Waals surface area contributed by atoms with Crippen LogP contribution in [0.2, 0.25) is 5.02 Å². The van der Waals surface area contributed by atoms with Crippen LogP contribution in [0.5, 0.6) is 0 Å². The van der Waals surface area contributed by atoms with E-state index in [4.69, 9.17) is 16.0 Å². The van der Waals surface area contributed by atoms with Crippen LogP contribution in [0.25, 0.3) is 11.0 Å². The van der Waals surface area contributed by atoms with Crippen molar-refractivity contribution in [2.24, 2.45) is 0 Å². The number of carbonyl (C=O) groups excluding carboxylic acids is 1. The Morgan fingerprint density at radius 1 is 1.21 bits per heavy atom. The van der Waals surface area contributed by atoms with Crippen LogP contribution >= 0.6 is 27.5 Å². The summed E-state index contributed by atoms with van der Waals surface area (Å²) in [5, 5.41) is 3.69. The third-order valence-electron chi connectivity index (χ3n) is 4.16. The van der Waals surface area contributed by atoms with Gasteiger partial charge < -0.3 is 9.73 Å². The van der Waals surface area contributed by atoms with Crippen LogP contribution in [0.4, 0.5) is 0 Å². The first-order chi connectivity index (χ1) is 11.5. The lowest BCUT2D eigenvalue weighted by Crippen LogP contribution is -2.21. The van der Waals surface area contributed by atoms with Gasteiger partial charge in [0.05, 0.1) is 17.0 Å². The van der Waals surface area contributed by atoms with Crippen molar-refractivity contribution in [3.8, 4) is 0 Å². The summed E-state index contributed by atoms with van der Waals surface area (Å²) in [7, 11) is 0. The molecule has 1 atom stereocenters. The number of aryl methyl sites for hydroxylation is 1. The Balaban J connectivity index is 2.02. The second-order valence-corrected chi connectivity index (χ2v) is 7.06. The van der Waals surface area contributed by atoms with Gasteiger partial charge in [0, 0.05) is 9.50 Å². The van der Waals surface area contributed by atoms with Crippen molar-refractivity contribution < 1.29 is 9.21 Å². The van der Waals surface area contributed by atoms with Gasteiger partial charge in [-0.05, 0) is 42.3 Å². The van der Waals surface area contributed by atoms with Crippen LogP contribution in [0.15, 0.2) is 50.1 Å². The molecule has 0 bridgehead atoms. The topological polar surface area (TPSA) is 59.3 Å². The van der Waals surface area contributed by atoms with Crippen molar-refractivity contribution in [1.29, 1.82) is 0 Å². The molecule has 0 radical (unpaired) electrons. The molecular formula is C18H11BrClNO3. The predicted molar refractivity (Wildman–Crippen MR) is 95.7 cm³/mol. The Hall–Kier alpha value is -2.11. The summed E-state index contributed by atoms with van der Waals surface area (Å²) in [6.07, 6.45) is 0. The molecule has 0 aliphatic carbocycles. The number of amides is 1. The van der Waals surface area contributed by atoms with Crippen LogP contribution in [-0.4, -0.2) is 5.91 Å². The monoisotopic (exact) mass is 403 g/mol. The molecule has 4 rings (SSSR count). The van der Waals surface area contributed by atoms with Gasteiger partial charge in [-0.25, -0.2) is 0 Å². The van der Waals surface area contributed by atoms with Gasteiger partial charge in [-0.2, -0.15) is 0 Å². The normalized spacial score (nSPS) is 16.3. The maximum atomic E-state index is 13.0. The fourth-order valence-electron chi connectivity index (χ4n) is 2.97. The molecule has 120 valence electrons. The van der Waals surface area contributed by atoms with Crippen LogP contribution in [-0.2, 0) is 0 Å². The average molecular weight is 405 g/mol. The van der Waals surface area contributed by atoms with Crippen LogP contribution < -0.4 is 10.7 Å². The summed E-state index contributed by atoms with van der Waals surface area (Å²) in [5.74, 6) is -0.319. The first kappa shape index (κ1) is 15.4. The second-order valence-electron chi connectivity index (χ2n) is 5.73. The summed E-state index contributed by atoms with van der Waals surface area (Å²) >= 11 is 9.55. The van der Waals surface area contributed by atoms with Gasteiger partial charge in [0.15, 0.2) is 5.43 Å². The SMILES string of the molecule is Cc1cc2oc3c(c(=O)c2cc1Cl)C(c1cccc(Br)c1)NC3=O. The number of carbonyl (C=O) groups is 1. The minimum Gasteiger partial charge on any atom is -0.450 e. The number of benzene rings is 2. The zero-order chi connectivity index (χ0) is 17.0. The molecule has 2 heterocycles. The van der Waals surface area contributed by atoms with Gasteiger partial charge in [0.2, 0.25) is 5.76 Å². The number of fused-ring (bicyclic) bond motifs is 2. The molecule has 2 aromatic carbocycles. The molecule has 0 fully saturated rings. The van der Waals surface area contributed by atoms with Crippen molar-refractivity contribution >= 4 is 44.4 Å². The number of hydrogen-bond acceptors (Lipinski definition) is 3. The van der Waals surface area contributed by atoms with Gasteiger partial charge in [-0.15, -0.1) is 0 Å². The van der Waals surface area contributed by atoms with E-state index < -0.39 is 6.04 Å². The minimum absolute atomic E-state index is 0.0687. The van der Waals surface area contributed by atoms with E-state index >= 15 is 0 Å². The fourth-order valence-corrected chi connectivity index (χ4v) is 3.55. The molecule has 0 spiro atoms. The Kier molecular flexibility index (Phi) is 3.51. The van der Waals surface area contributed by atoms with Crippen molar-refractivity contribution in [3.05, 3.63) is 78.6 Å². The van der Waals surface area contributed by atoms with Crippen LogP contribution in [0.1, 0.15) is 33.3 Å². The highest BCUT2D eigenvalue weighted by atomic mass is 79.9. The zero-order valence-corrected chi connectivity index (χ0v) is 14.9. The van der Waals surface area contributed by atoms with Gasteiger partial charge >= 0.3 is 0 Å². The Bertz CT molecular complexity index is 1070. The maximum Gasteiger partial charge on any atom is 0.288 e. The Labute approximate surface area is 150 Å². The number of halogens is 2. The summed E-state index contributed by atoms with van der Waals surface area (Å²) in [6, 6.07) is 10.2. The van der Waals surface area contributed by atoms with Gasteiger partial charge in [0.1, 0.15) is 5.58 Å². The molecule has 6 heteroatoms. The van der Waals surface area contributed by atoms with E-state index in [2.05, 4.69) is 21.2 Å². The third-order valence-corrected chi connectivity index (χ3v) is 5.06. The number of hydrogen-bond donors (Lipinski definition) is 1. The van der Waals surface area contributed by atoms with E-state index in [1.807, 2.05) is 31.2 Å². The van der Waals surface area contributed by atoms with Crippen molar-refractivity contribution in [1.82, 2.24) is 5.32 Å². The molecule has 0 saturated heterocycles. The molecule has 1 unspecified atom stereocenters. The molecule has 1 aliphatic heterocycles. The lowest BCUT2D eigenvalue weighted by Gasteiger charge is -2.12. The summed E-state index contributed by atoms with van der Waals surface area (Å²) in [6.45, 7) is 1.82. The highest BCUT2D eigenvalue weighted by molar-refractivity contribution is 9.10. The minimum atomic E-state index is -0.536. The fraction of sp³-hybridized carbons (Fsp3) is 0.111. The summed E-state index contributed by atoms with van der Waals surface area (Å²) < 4.78 is 6.60. The van der Waals surface area contributed by atoms with Gasteiger partial charge in [0.25, 0.3) is 5.91 Å². The van der Waals surface area contributed by atoms with Crippen LogP contribution in [0, 0.1) is 6.92 Å². The highest BCUT2D eigenvalue weighted by Crippen LogP contribution is 2.33. The molecule has 1 aromatic heterocycles. The predicted octanol–water partition coefficient (Wildman–Crippen LogP) is 4.35. The maximum absolute atomic E-state index is 13.0. The summed E-state index contributed by atoms with van der Waals surface area (Å²) in [4.78, 5) is 25.3. The van der Waals surface area contributed by atoms with Crippen LogP contribution in [0.3, 0.4) is 0 Å². The van der Waals surface area contributed by atoms with E-state index in [-0.39, 0.29) is 17.1 Å². The van der Waals surface area contributed by atoms with Crippen molar-refractivity contribution in [2.75, 3.05) is 0 Å². The van der Waals surface area contributed by atoms with Gasteiger partial charge in [-0.1, -0.05) is 39.7 Å². The molecule has 4 nitrogen and oxygen atoms in total. The largest absolute Gasteiger partial charge is 0.450 e. The first-order valence-corrected chi connectivity index (χ1v) is 8.46. The van der Waals surface area contributed by atoms with Crippen molar-refractivity contribution in [3.63, 3.8) is 0 Å². The molecule has 3 aromatic rings. The molecule has 1 N–H and O–H groups in total. The lowest BCUT2D eigenvalue weighted by molar-refractivity contribution is 0.0938.